The third kappa shape index (κ3) is 38.2. The van der Waals surface area contributed by atoms with Crippen molar-refractivity contribution in [3.8, 4) is 0 Å². The highest BCUT2D eigenvalue weighted by atomic mass is 16.5. The highest BCUT2D eigenvalue weighted by Gasteiger charge is 1.90. The zero-order valence-corrected chi connectivity index (χ0v) is 12.5. The molecule has 5 heteroatoms. The zero-order valence-electron chi connectivity index (χ0n) is 12.5. The summed E-state index contributed by atoms with van der Waals surface area (Å²) in [6.07, 6.45) is 4.91. The summed E-state index contributed by atoms with van der Waals surface area (Å²) < 4.78 is 5.31. The summed E-state index contributed by atoms with van der Waals surface area (Å²) in [4.78, 5) is 9.60. The number of unbranched alkanes of at least 4 members (excludes halogenated alkanes) is 2. The molecule has 0 fully saturated rings. The molecule has 3 N–H and O–H groups in total. The maximum Gasteiger partial charge on any atom is 0.330 e. The van der Waals surface area contributed by atoms with E-state index in [1.807, 2.05) is 0 Å². The minimum Gasteiger partial charge on any atom is -0.478 e. The van der Waals surface area contributed by atoms with E-state index in [-0.39, 0.29) is 18.8 Å². The van der Waals surface area contributed by atoms with Gasteiger partial charge in [-0.15, -0.1) is 0 Å². The molecule has 116 valence electrons. The van der Waals surface area contributed by atoms with Crippen LogP contribution < -0.4 is 0 Å². The SMILES string of the molecule is C=C(C)C(=O)O.CCCCOCCCC.OCCO. The molecule has 0 aliphatic carbocycles. The highest BCUT2D eigenvalue weighted by molar-refractivity contribution is 5.84. The van der Waals surface area contributed by atoms with Gasteiger partial charge < -0.3 is 20.1 Å². The summed E-state index contributed by atoms with van der Waals surface area (Å²) in [5, 5.41) is 23.1. The van der Waals surface area contributed by atoms with Crippen molar-refractivity contribution in [2.45, 2.75) is 46.5 Å². The molecule has 0 heterocycles. The van der Waals surface area contributed by atoms with Crippen LogP contribution in [-0.2, 0) is 9.53 Å². The molecule has 0 aromatic heterocycles. The second kappa shape index (κ2) is 22.3. The molecule has 19 heavy (non-hydrogen) atoms. The van der Waals surface area contributed by atoms with E-state index < -0.39 is 5.97 Å². The Morgan fingerprint density at radius 3 is 1.53 bits per heavy atom. The quantitative estimate of drug-likeness (QED) is 0.468. The smallest absolute Gasteiger partial charge is 0.330 e. The number of aliphatic carboxylic acids is 1. The lowest BCUT2D eigenvalue weighted by Crippen LogP contribution is -1.95. The first-order valence-electron chi connectivity index (χ1n) is 6.66. The van der Waals surface area contributed by atoms with Crippen molar-refractivity contribution < 1.29 is 24.9 Å². The minimum atomic E-state index is -0.935. The lowest BCUT2D eigenvalue weighted by molar-refractivity contribution is -0.132. The summed E-state index contributed by atoms with van der Waals surface area (Å²) >= 11 is 0. The van der Waals surface area contributed by atoms with Crippen molar-refractivity contribution in [3.05, 3.63) is 12.2 Å². The molecule has 0 aromatic rings. The number of aliphatic hydroxyl groups excluding tert-OH is 2. The Morgan fingerprint density at radius 1 is 1.05 bits per heavy atom. The van der Waals surface area contributed by atoms with Crippen molar-refractivity contribution in [1.82, 2.24) is 0 Å². The summed E-state index contributed by atoms with van der Waals surface area (Å²) in [6, 6.07) is 0. The van der Waals surface area contributed by atoms with Crippen LogP contribution in [0.5, 0.6) is 0 Å². The molecule has 0 atom stereocenters. The summed E-state index contributed by atoms with van der Waals surface area (Å²) in [5.74, 6) is -0.935. The van der Waals surface area contributed by atoms with E-state index in [1.165, 1.54) is 32.6 Å². The molecular weight excluding hydrogens is 248 g/mol. The number of hydrogen-bond acceptors (Lipinski definition) is 4. The van der Waals surface area contributed by atoms with E-state index in [9.17, 15) is 4.79 Å². The van der Waals surface area contributed by atoms with Crippen molar-refractivity contribution >= 4 is 5.97 Å². The van der Waals surface area contributed by atoms with E-state index in [0.717, 1.165) is 13.2 Å². The zero-order chi connectivity index (χ0) is 15.5. The fourth-order valence-corrected chi connectivity index (χ4v) is 0.595. The van der Waals surface area contributed by atoms with Gasteiger partial charge in [0.05, 0.1) is 13.2 Å². The van der Waals surface area contributed by atoms with Gasteiger partial charge >= 0.3 is 5.97 Å². The molecule has 0 amide bonds. The monoisotopic (exact) mass is 278 g/mol. The average Bonchev–Trinajstić information content (AvgIpc) is 2.39. The lowest BCUT2D eigenvalue weighted by atomic mass is 10.3. The molecule has 0 rings (SSSR count). The number of ether oxygens (including phenoxy) is 1. The Labute approximate surface area is 116 Å². The van der Waals surface area contributed by atoms with E-state index in [1.54, 1.807) is 0 Å². The van der Waals surface area contributed by atoms with Gasteiger partial charge in [0, 0.05) is 18.8 Å². The molecule has 0 aromatic carbocycles. The topological polar surface area (TPSA) is 87.0 Å². The van der Waals surface area contributed by atoms with Crippen LogP contribution in [-0.4, -0.2) is 47.7 Å². The third-order valence-electron chi connectivity index (χ3n) is 1.75. The standard InChI is InChI=1S/C8H18O.C4H6O2.C2H6O2/c1-3-5-7-9-8-6-4-2;1-3(2)4(5)6;3-1-2-4/h3-8H2,1-2H3;1H2,2H3,(H,5,6);3-4H,1-2H2. The normalized spacial score (nSPS) is 8.68. The largest absolute Gasteiger partial charge is 0.478 e. The number of carboxylic acid groups (broad SMARTS) is 1. The van der Waals surface area contributed by atoms with Gasteiger partial charge in [0.1, 0.15) is 0 Å². The van der Waals surface area contributed by atoms with E-state index in [0.29, 0.717) is 0 Å². The number of rotatable bonds is 8. The Morgan fingerprint density at radius 2 is 1.37 bits per heavy atom. The Bertz CT molecular complexity index is 172. The van der Waals surface area contributed by atoms with Gasteiger partial charge in [-0.05, 0) is 19.8 Å². The Hall–Kier alpha value is -0.910. The Balaban J connectivity index is -0.000000222. The van der Waals surface area contributed by atoms with Crippen molar-refractivity contribution in [2.24, 2.45) is 0 Å². The molecule has 0 saturated carbocycles. The van der Waals surface area contributed by atoms with Gasteiger partial charge in [0.15, 0.2) is 0 Å². The number of carboxylic acids is 1. The maximum atomic E-state index is 9.60. The van der Waals surface area contributed by atoms with Gasteiger partial charge in [0.2, 0.25) is 0 Å². The molecular formula is C14H30O5. The van der Waals surface area contributed by atoms with E-state index in [4.69, 9.17) is 20.1 Å². The predicted octanol–water partition coefficient (Wildman–Crippen LogP) is 2.22. The second-order valence-corrected chi connectivity index (χ2v) is 3.85. The van der Waals surface area contributed by atoms with Gasteiger partial charge in [0.25, 0.3) is 0 Å². The van der Waals surface area contributed by atoms with Crippen LogP contribution in [0.15, 0.2) is 12.2 Å². The Kier molecular flexibility index (Phi) is 27.2. The fraction of sp³-hybridized carbons (Fsp3) is 0.786. The minimum absolute atomic E-state index is 0.125. The van der Waals surface area contributed by atoms with Gasteiger partial charge in [-0.1, -0.05) is 33.3 Å². The molecule has 0 spiro atoms. The van der Waals surface area contributed by atoms with Crippen LogP contribution >= 0.6 is 0 Å². The maximum absolute atomic E-state index is 9.60. The lowest BCUT2D eigenvalue weighted by Gasteiger charge is -1.99. The summed E-state index contributed by atoms with van der Waals surface area (Å²) in [5.41, 5.74) is 0.176. The van der Waals surface area contributed by atoms with Crippen molar-refractivity contribution in [2.75, 3.05) is 26.4 Å². The molecule has 0 bridgehead atoms. The molecule has 0 radical (unpaired) electrons. The number of carbonyl (C=O) groups is 1. The highest BCUT2D eigenvalue weighted by Crippen LogP contribution is 1.91. The third-order valence-corrected chi connectivity index (χ3v) is 1.75. The van der Waals surface area contributed by atoms with Crippen LogP contribution in [0, 0.1) is 0 Å². The first kappa shape index (κ1) is 23.2. The van der Waals surface area contributed by atoms with Crippen molar-refractivity contribution in [1.29, 1.82) is 0 Å². The molecule has 5 nitrogen and oxygen atoms in total. The summed E-state index contributed by atoms with van der Waals surface area (Å²) in [6.45, 7) is 10.6. The average molecular weight is 278 g/mol. The first-order valence-corrected chi connectivity index (χ1v) is 6.66. The second-order valence-electron chi connectivity index (χ2n) is 3.85. The molecule has 0 aliphatic heterocycles. The van der Waals surface area contributed by atoms with Crippen LogP contribution in [0.25, 0.3) is 0 Å². The van der Waals surface area contributed by atoms with Crippen LogP contribution in [0.1, 0.15) is 46.5 Å². The first-order chi connectivity index (χ1) is 8.97. The van der Waals surface area contributed by atoms with Crippen LogP contribution in [0.3, 0.4) is 0 Å². The van der Waals surface area contributed by atoms with Crippen molar-refractivity contribution in [3.63, 3.8) is 0 Å². The van der Waals surface area contributed by atoms with E-state index in [2.05, 4.69) is 20.4 Å². The van der Waals surface area contributed by atoms with Crippen LogP contribution in [0.2, 0.25) is 0 Å². The van der Waals surface area contributed by atoms with Gasteiger partial charge in [-0.3, -0.25) is 0 Å². The van der Waals surface area contributed by atoms with Gasteiger partial charge in [-0.25, -0.2) is 4.79 Å². The molecule has 0 unspecified atom stereocenters. The predicted molar refractivity (Wildman–Crippen MR) is 77.3 cm³/mol. The molecule has 0 saturated heterocycles. The van der Waals surface area contributed by atoms with Crippen LogP contribution in [0.4, 0.5) is 0 Å². The molecule has 0 aliphatic rings. The number of aliphatic hydroxyl groups is 2. The summed E-state index contributed by atoms with van der Waals surface area (Å²) in [7, 11) is 0. The van der Waals surface area contributed by atoms with E-state index >= 15 is 0 Å². The van der Waals surface area contributed by atoms with Gasteiger partial charge in [-0.2, -0.15) is 0 Å². The number of hydrogen-bond donors (Lipinski definition) is 3. The fourth-order valence-electron chi connectivity index (χ4n) is 0.595.